The van der Waals surface area contributed by atoms with Crippen LogP contribution in [0.5, 0.6) is 0 Å². The minimum absolute atomic E-state index is 0.593. The summed E-state index contributed by atoms with van der Waals surface area (Å²) in [5, 5.41) is 0. The number of rotatable bonds is 1. The lowest BCUT2D eigenvalue weighted by Gasteiger charge is -1.92. The number of hydrogen-bond acceptors (Lipinski definition) is 0. The van der Waals surface area contributed by atoms with Crippen molar-refractivity contribution in [1.82, 2.24) is 0 Å². The van der Waals surface area contributed by atoms with E-state index in [1.807, 2.05) is 0 Å². The summed E-state index contributed by atoms with van der Waals surface area (Å²) in [5.41, 5.74) is 0. The average molecular weight is 110 g/mol. The van der Waals surface area contributed by atoms with Crippen LogP contribution < -0.4 is 0 Å². The molecule has 0 aromatic heterocycles. The van der Waals surface area contributed by atoms with Crippen molar-refractivity contribution in [3.8, 4) is 11.8 Å². The normalized spacial score (nSPS) is 11.9. The smallest absolute Gasteiger partial charge is 0.0171 e. The van der Waals surface area contributed by atoms with E-state index in [2.05, 4.69) is 32.6 Å². The largest absolute Gasteiger partial charge is 0.103 e. The molecule has 8 heavy (non-hydrogen) atoms. The monoisotopic (exact) mass is 110 g/mol. The van der Waals surface area contributed by atoms with Gasteiger partial charge in [0.15, 0.2) is 0 Å². The predicted octanol–water partition coefficient (Wildman–Crippen LogP) is 2.45. The van der Waals surface area contributed by atoms with Gasteiger partial charge < -0.3 is 0 Å². The highest BCUT2D eigenvalue weighted by molar-refractivity contribution is 5.00. The molecule has 0 saturated heterocycles. The molecule has 0 saturated carbocycles. The average Bonchev–Trinajstić information content (AvgIpc) is 1.83. The summed E-state index contributed by atoms with van der Waals surface area (Å²) in [6.45, 7) is 6.40. The first-order valence-corrected chi connectivity index (χ1v) is 3.29. The molecular weight excluding hydrogens is 96.1 g/mol. The maximum absolute atomic E-state index is 3.13. The van der Waals surface area contributed by atoms with E-state index >= 15 is 0 Å². The van der Waals surface area contributed by atoms with Crippen molar-refractivity contribution in [3.63, 3.8) is 0 Å². The van der Waals surface area contributed by atoms with Gasteiger partial charge in [-0.1, -0.05) is 20.8 Å². The van der Waals surface area contributed by atoms with Gasteiger partial charge >= 0.3 is 0 Å². The zero-order valence-electron chi connectivity index (χ0n) is 5.99. The quantitative estimate of drug-likeness (QED) is 0.455. The van der Waals surface area contributed by atoms with Gasteiger partial charge in [0.1, 0.15) is 0 Å². The van der Waals surface area contributed by atoms with E-state index in [1.54, 1.807) is 0 Å². The van der Waals surface area contributed by atoms with Gasteiger partial charge in [-0.25, -0.2) is 0 Å². The van der Waals surface area contributed by atoms with Crippen LogP contribution in [-0.4, -0.2) is 0 Å². The summed E-state index contributed by atoms with van der Waals surface area (Å²) in [7, 11) is 0. The molecule has 0 heterocycles. The molecule has 1 atom stereocenters. The van der Waals surface area contributed by atoms with Crippen molar-refractivity contribution in [2.75, 3.05) is 0 Å². The first-order valence-electron chi connectivity index (χ1n) is 3.29. The van der Waals surface area contributed by atoms with E-state index in [0.717, 1.165) is 6.42 Å². The fourth-order valence-electron chi connectivity index (χ4n) is 0.378. The molecule has 0 radical (unpaired) electrons. The van der Waals surface area contributed by atoms with Crippen molar-refractivity contribution in [1.29, 1.82) is 0 Å². The van der Waals surface area contributed by atoms with E-state index < -0.39 is 0 Å². The molecule has 0 bridgehead atoms. The molecule has 0 fully saturated rings. The van der Waals surface area contributed by atoms with E-state index in [0.29, 0.717) is 5.92 Å². The van der Waals surface area contributed by atoms with Crippen molar-refractivity contribution in [3.05, 3.63) is 0 Å². The second kappa shape index (κ2) is 4.71. The topological polar surface area (TPSA) is 0 Å². The third-order valence-electron chi connectivity index (χ3n) is 1.14. The summed E-state index contributed by atoms with van der Waals surface area (Å²) < 4.78 is 0. The molecule has 0 aromatic carbocycles. The second-order valence-corrected chi connectivity index (χ2v) is 1.98. The van der Waals surface area contributed by atoms with Gasteiger partial charge in [0, 0.05) is 12.3 Å². The van der Waals surface area contributed by atoms with Gasteiger partial charge in [0.2, 0.25) is 0 Å². The van der Waals surface area contributed by atoms with Crippen LogP contribution in [0.25, 0.3) is 0 Å². The van der Waals surface area contributed by atoms with Crippen LogP contribution in [0.1, 0.15) is 33.6 Å². The molecule has 0 aliphatic heterocycles. The van der Waals surface area contributed by atoms with Gasteiger partial charge in [-0.3, -0.25) is 0 Å². The molecule has 0 aliphatic rings. The molecule has 0 amide bonds. The van der Waals surface area contributed by atoms with Crippen molar-refractivity contribution in [2.24, 2.45) is 5.92 Å². The Hall–Kier alpha value is -0.440. The fourth-order valence-corrected chi connectivity index (χ4v) is 0.378. The molecular formula is C8H14. The Bertz CT molecular complexity index is 92.3. The van der Waals surface area contributed by atoms with Crippen molar-refractivity contribution < 1.29 is 0 Å². The van der Waals surface area contributed by atoms with Crippen LogP contribution in [0.2, 0.25) is 0 Å². The molecule has 0 aliphatic carbocycles. The van der Waals surface area contributed by atoms with Gasteiger partial charge in [0.05, 0.1) is 0 Å². The highest BCUT2D eigenvalue weighted by Crippen LogP contribution is 1.96. The SMILES string of the molecule is CCC#C[C@H](C)CC. The Balaban J connectivity index is 3.35. The summed E-state index contributed by atoms with van der Waals surface area (Å²) in [6.07, 6.45) is 2.16. The molecule has 0 rings (SSSR count). The lowest BCUT2D eigenvalue weighted by Crippen LogP contribution is -1.83. The van der Waals surface area contributed by atoms with Crippen molar-refractivity contribution >= 4 is 0 Å². The summed E-state index contributed by atoms with van der Waals surface area (Å²) in [5.74, 6) is 6.77. The number of hydrogen-bond donors (Lipinski definition) is 0. The minimum Gasteiger partial charge on any atom is -0.103 e. The Labute approximate surface area is 52.3 Å². The Morgan fingerprint density at radius 3 is 2.38 bits per heavy atom. The van der Waals surface area contributed by atoms with Crippen LogP contribution in [0.15, 0.2) is 0 Å². The fraction of sp³-hybridized carbons (Fsp3) is 0.750. The molecule has 0 spiro atoms. The maximum Gasteiger partial charge on any atom is 0.0171 e. The zero-order chi connectivity index (χ0) is 6.41. The van der Waals surface area contributed by atoms with Gasteiger partial charge in [-0.05, 0) is 6.42 Å². The lowest BCUT2D eigenvalue weighted by molar-refractivity contribution is 0.722. The zero-order valence-corrected chi connectivity index (χ0v) is 5.99. The van der Waals surface area contributed by atoms with Crippen LogP contribution >= 0.6 is 0 Å². The third kappa shape index (κ3) is 3.74. The minimum atomic E-state index is 0.593. The molecule has 0 aromatic rings. The summed E-state index contributed by atoms with van der Waals surface area (Å²) in [4.78, 5) is 0. The van der Waals surface area contributed by atoms with Crippen LogP contribution in [-0.2, 0) is 0 Å². The molecule has 0 heteroatoms. The van der Waals surface area contributed by atoms with Gasteiger partial charge in [-0.2, -0.15) is 0 Å². The Morgan fingerprint density at radius 1 is 1.38 bits per heavy atom. The first-order chi connectivity index (χ1) is 3.81. The Morgan fingerprint density at radius 2 is 2.00 bits per heavy atom. The van der Waals surface area contributed by atoms with Crippen LogP contribution in [0.4, 0.5) is 0 Å². The molecule has 0 nitrogen and oxygen atoms in total. The Kier molecular flexibility index (Phi) is 4.45. The lowest BCUT2D eigenvalue weighted by atomic mass is 10.1. The molecule has 0 unspecified atom stereocenters. The standard InChI is InChI=1S/C8H14/c1-4-6-7-8(3)5-2/h8H,4-5H2,1-3H3/t8-/m1/s1. The van der Waals surface area contributed by atoms with E-state index in [-0.39, 0.29) is 0 Å². The van der Waals surface area contributed by atoms with E-state index in [4.69, 9.17) is 0 Å². The first kappa shape index (κ1) is 7.56. The molecule has 0 N–H and O–H groups in total. The predicted molar refractivity (Wildman–Crippen MR) is 37.5 cm³/mol. The van der Waals surface area contributed by atoms with Crippen molar-refractivity contribution in [2.45, 2.75) is 33.6 Å². The molecule has 46 valence electrons. The second-order valence-electron chi connectivity index (χ2n) is 1.98. The van der Waals surface area contributed by atoms with Gasteiger partial charge in [-0.15, -0.1) is 11.8 Å². The third-order valence-corrected chi connectivity index (χ3v) is 1.14. The van der Waals surface area contributed by atoms with E-state index in [9.17, 15) is 0 Å². The van der Waals surface area contributed by atoms with Gasteiger partial charge in [0.25, 0.3) is 0 Å². The summed E-state index contributed by atoms with van der Waals surface area (Å²) >= 11 is 0. The highest BCUT2D eigenvalue weighted by Gasteiger charge is 1.86. The maximum atomic E-state index is 3.13. The van der Waals surface area contributed by atoms with Crippen LogP contribution in [0, 0.1) is 17.8 Å². The van der Waals surface area contributed by atoms with E-state index in [1.165, 1.54) is 6.42 Å². The van der Waals surface area contributed by atoms with Crippen LogP contribution in [0.3, 0.4) is 0 Å². The highest BCUT2D eigenvalue weighted by atomic mass is 13.9. The summed E-state index contributed by atoms with van der Waals surface area (Å²) in [6, 6.07) is 0.